The van der Waals surface area contributed by atoms with Crippen molar-refractivity contribution in [3.05, 3.63) is 59.4 Å². The van der Waals surface area contributed by atoms with Crippen molar-refractivity contribution in [1.29, 1.82) is 5.26 Å². The molecule has 1 fully saturated rings. The molecule has 1 heterocycles. The van der Waals surface area contributed by atoms with Crippen molar-refractivity contribution in [2.45, 2.75) is 32.4 Å². The largest absolute Gasteiger partial charge is 0.497 e. The monoisotopic (exact) mass is 409 g/mol. The summed E-state index contributed by atoms with van der Waals surface area (Å²) >= 11 is 0. The summed E-state index contributed by atoms with van der Waals surface area (Å²) in [6.07, 6.45) is 2.09. The number of aliphatic imine (C=N–C) groups is 1. The normalized spacial score (nSPS) is 16.7. The molecule has 3 rings (SSSR count). The maximum absolute atomic E-state index is 14.1. The number of nitriles is 1. The lowest BCUT2D eigenvalue weighted by Gasteiger charge is -2.35. The average molecular weight is 410 g/mol. The Bertz CT molecular complexity index is 924. The highest BCUT2D eigenvalue weighted by Gasteiger charge is 2.21. The lowest BCUT2D eigenvalue weighted by Crippen LogP contribution is -2.51. The van der Waals surface area contributed by atoms with Crippen LogP contribution in [0.5, 0.6) is 5.75 Å². The molecule has 1 aliphatic rings. The van der Waals surface area contributed by atoms with E-state index in [-0.39, 0.29) is 18.4 Å². The van der Waals surface area contributed by atoms with Crippen molar-refractivity contribution in [3.8, 4) is 11.8 Å². The number of nitrogens with zero attached hydrogens (tertiary/aromatic N) is 3. The zero-order valence-electron chi connectivity index (χ0n) is 17.5. The molecule has 1 atom stereocenters. The van der Waals surface area contributed by atoms with Crippen molar-refractivity contribution in [3.63, 3.8) is 0 Å². The smallest absolute Gasteiger partial charge is 0.191 e. The number of hydrogen-bond donors (Lipinski definition) is 2. The molecule has 0 aliphatic carbocycles. The van der Waals surface area contributed by atoms with E-state index in [1.54, 1.807) is 13.2 Å². The second-order valence-corrected chi connectivity index (χ2v) is 7.24. The Kier molecular flexibility index (Phi) is 7.50. The van der Waals surface area contributed by atoms with E-state index in [1.165, 1.54) is 12.1 Å². The second kappa shape index (κ2) is 10.5. The van der Waals surface area contributed by atoms with Crippen molar-refractivity contribution in [2.24, 2.45) is 4.99 Å². The van der Waals surface area contributed by atoms with Crippen LogP contribution in [0.2, 0.25) is 0 Å². The molecule has 30 heavy (non-hydrogen) atoms. The number of halogens is 1. The minimum atomic E-state index is -0.351. The molecule has 1 saturated heterocycles. The van der Waals surface area contributed by atoms with E-state index < -0.39 is 0 Å². The van der Waals surface area contributed by atoms with Gasteiger partial charge in [-0.25, -0.2) is 9.38 Å². The molecule has 2 N–H and O–H groups in total. The SMILES string of the molecule is CCNC(=NCc1cc(C#N)ccc1F)NC1CCCN(c2cccc(OC)c2)C1. The molecular formula is C23H28FN5O. The van der Waals surface area contributed by atoms with Crippen LogP contribution in [0.25, 0.3) is 0 Å². The molecule has 0 amide bonds. The minimum absolute atomic E-state index is 0.170. The van der Waals surface area contributed by atoms with Gasteiger partial charge >= 0.3 is 0 Å². The number of benzene rings is 2. The van der Waals surface area contributed by atoms with Crippen LogP contribution in [0.3, 0.4) is 0 Å². The third kappa shape index (κ3) is 5.63. The van der Waals surface area contributed by atoms with E-state index in [4.69, 9.17) is 10.00 Å². The zero-order chi connectivity index (χ0) is 21.3. The Labute approximate surface area is 177 Å². The van der Waals surface area contributed by atoms with Gasteiger partial charge in [0.1, 0.15) is 11.6 Å². The van der Waals surface area contributed by atoms with Crippen LogP contribution in [-0.2, 0) is 6.54 Å². The maximum Gasteiger partial charge on any atom is 0.191 e. The molecule has 0 bridgehead atoms. The fraction of sp³-hybridized carbons (Fsp3) is 0.391. The summed E-state index contributed by atoms with van der Waals surface area (Å²) in [5.74, 6) is 1.14. The Morgan fingerprint density at radius 2 is 2.20 bits per heavy atom. The highest BCUT2D eigenvalue weighted by atomic mass is 19.1. The van der Waals surface area contributed by atoms with Crippen LogP contribution in [0.4, 0.5) is 10.1 Å². The lowest BCUT2D eigenvalue weighted by molar-refractivity contribution is 0.414. The van der Waals surface area contributed by atoms with Gasteiger partial charge in [-0.3, -0.25) is 0 Å². The third-order valence-electron chi connectivity index (χ3n) is 5.11. The van der Waals surface area contributed by atoms with Crippen LogP contribution in [0.15, 0.2) is 47.5 Å². The van der Waals surface area contributed by atoms with Gasteiger partial charge < -0.3 is 20.3 Å². The highest BCUT2D eigenvalue weighted by Crippen LogP contribution is 2.24. The van der Waals surface area contributed by atoms with Crippen LogP contribution < -0.4 is 20.3 Å². The van der Waals surface area contributed by atoms with E-state index >= 15 is 0 Å². The van der Waals surface area contributed by atoms with Crippen LogP contribution in [-0.4, -0.2) is 38.7 Å². The van der Waals surface area contributed by atoms with Crippen molar-refractivity contribution in [2.75, 3.05) is 31.6 Å². The van der Waals surface area contributed by atoms with Crippen molar-refractivity contribution < 1.29 is 9.13 Å². The Balaban J connectivity index is 1.68. The number of anilines is 1. The summed E-state index contributed by atoms with van der Waals surface area (Å²) in [4.78, 5) is 6.88. The zero-order valence-corrected chi connectivity index (χ0v) is 17.5. The number of methoxy groups -OCH3 is 1. The predicted octanol–water partition coefficient (Wildman–Crippen LogP) is 3.43. The first-order valence-electron chi connectivity index (χ1n) is 10.2. The van der Waals surface area contributed by atoms with Gasteiger partial charge in [-0.15, -0.1) is 0 Å². The van der Waals surface area contributed by atoms with Gasteiger partial charge in [0.25, 0.3) is 0 Å². The molecule has 2 aromatic carbocycles. The molecule has 158 valence electrons. The molecule has 0 radical (unpaired) electrons. The van der Waals surface area contributed by atoms with Crippen molar-refractivity contribution in [1.82, 2.24) is 10.6 Å². The second-order valence-electron chi connectivity index (χ2n) is 7.24. The summed E-state index contributed by atoms with van der Waals surface area (Å²) in [5, 5.41) is 15.8. The Hall–Kier alpha value is -3.27. The first kappa shape index (κ1) is 21.4. The topological polar surface area (TPSA) is 72.7 Å². The molecule has 7 heteroatoms. The van der Waals surface area contributed by atoms with Gasteiger partial charge in [-0.1, -0.05) is 6.07 Å². The number of hydrogen-bond acceptors (Lipinski definition) is 4. The number of piperidine rings is 1. The summed E-state index contributed by atoms with van der Waals surface area (Å²) in [6.45, 7) is 4.71. The van der Waals surface area contributed by atoms with E-state index in [1.807, 2.05) is 31.2 Å². The number of nitrogens with one attached hydrogen (secondary N) is 2. The van der Waals surface area contributed by atoms with E-state index in [2.05, 4.69) is 26.6 Å². The van der Waals surface area contributed by atoms with Gasteiger partial charge in [0, 0.05) is 43.0 Å². The summed E-state index contributed by atoms with van der Waals surface area (Å²) in [7, 11) is 1.67. The van der Waals surface area contributed by atoms with Gasteiger partial charge in [-0.2, -0.15) is 5.26 Å². The predicted molar refractivity (Wildman–Crippen MR) is 117 cm³/mol. The quantitative estimate of drug-likeness (QED) is 0.565. The molecular weight excluding hydrogens is 381 g/mol. The van der Waals surface area contributed by atoms with Gasteiger partial charge in [0.15, 0.2) is 5.96 Å². The van der Waals surface area contributed by atoms with Crippen LogP contribution >= 0.6 is 0 Å². The fourth-order valence-electron chi connectivity index (χ4n) is 3.58. The van der Waals surface area contributed by atoms with Crippen LogP contribution in [0.1, 0.15) is 30.9 Å². The number of guanidine groups is 1. The fourth-order valence-corrected chi connectivity index (χ4v) is 3.58. The Morgan fingerprint density at radius 1 is 1.33 bits per heavy atom. The maximum atomic E-state index is 14.1. The van der Waals surface area contributed by atoms with E-state index in [0.29, 0.717) is 23.6 Å². The first-order chi connectivity index (χ1) is 14.6. The highest BCUT2D eigenvalue weighted by molar-refractivity contribution is 5.80. The summed E-state index contributed by atoms with van der Waals surface area (Å²) in [6, 6.07) is 14.7. The summed E-state index contributed by atoms with van der Waals surface area (Å²) in [5.41, 5.74) is 1.98. The van der Waals surface area contributed by atoms with Crippen molar-refractivity contribution >= 4 is 11.6 Å². The molecule has 0 aromatic heterocycles. The number of rotatable bonds is 6. The molecule has 1 aliphatic heterocycles. The van der Waals surface area contributed by atoms with E-state index in [0.717, 1.165) is 37.4 Å². The third-order valence-corrected chi connectivity index (χ3v) is 5.11. The van der Waals surface area contributed by atoms with Crippen LogP contribution in [0, 0.1) is 17.1 Å². The molecule has 0 saturated carbocycles. The molecule has 6 nitrogen and oxygen atoms in total. The van der Waals surface area contributed by atoms with Gasteiger partial charge in [0.2, 0.25) is 0 Å². The standard InChI is InChI=1S/C23H28FN5O/c1-3-26-23(27-15-18-12-17(14-25)9-10-22(18)24)28-19-6-5-11-29(16-19)20-7-4-8-21(13-20)30-2/h4,7-10,12-13,19H,3,5-6,11,15-16H2,1-2H3,(H2,26,27,28). The Morgan fingerprint density at radius 3 is 2.97 bits per heavy atom. The lowest BCUT2D eigenvalue weighted by atomic mass is 10.0. The number of ether oxygens (including phenoxy) is 1. The molecule has 2 aromatic rings. The van der Waals surface area contributed by atoms with Gasteiger partial charge in [0.05, 0.1) is 25.3 Å². The van der Waals surface area contributed by atoms with Gasteiger partial charge in [-0.05, 0) is 50.1 Å². The first-order valence-corrected chi connectivity index (χ1v) is 10.2. The van der Waals surface area contributed by atoms with E-state index in [9.17, 15) is 4.39 Å². The average Bonchev–Trinajstić information content (AvgIpc) is 2.78. The molecule has 0 spiro atoms. The molecule has 1 unspecified atom stereocenters. The summed E-state index contributed by atoms with van der Waals surface area (Å²) < 4.78 is 19.4. The minimum Gasteiger partial charge on any atom is -0.497 e.